The smallest absolute Gasteiger partial charge is 0.344 e. The molecule has 0 saturated carbocycles. The fourth-order valence-corrected chi connectivity index (χ4v) is 1.98. The highest BCUT2D eigenvalue weighted by Crippen LogP contribution is 2.23. The number of esters is 4. The lowest BCUT2D eigenvalue weighted by atomic mass is 10.1. The SMILES string of the molecule is C=C(C)C(=O)OC(COC(=O)C(C)(F)CC)C(COC(=O)C(C)(F)CC)OC(=O)C(C)(F)CC. The van der Waals surface area contributed by atoms with Crippen molar-refractivity contribution < 1.29 is 51.3 Å². The molecule has 0 heterocycles. The first-order valence-electron chi connectivity index (χ1n) is 10.9. The first kappa shape index (κ1) is 31.4. The molecule has 0 fully saturated rings. The standard InChI is InChI=1S/C23H35F3O8/c1-9-21(6,24)18(28)31-12-15(33-17(27)14(4)5)16(34-20(30)23(8,26)11-3)13-32-19(29)22(7,25)10-2/h15-16H,4,9-13H2,1-3,5-8H3. The number of ether oxygens (including phenoxy) is 4. The molecule has 34 heavy (non-hydrogen) atoms. The van der Waals surface area contributed by atoms with Gasteiger partial charge in [0, 0.05) is 5.57 Å². The molecule has 0 aromatic carbocycles. The minimum Gasteiger partial charge on any atom is -0.459 e. The molecule has 0 N–H and O–H groups in total. The van der Waals surface area contributed by atoms with Gasteiger partial charge in [-0.3, -0.25) is 0 Å². The van der Waals surface area contributed by atoms with Crippen LogP contribution < -0.4 is 0 Å². The van der Waals surface area contributed by atoms with Gasteiger partial charge in [-0.25, -0.2) is 32.3 Å². The lowest BCUT2D eigenvalue weighted by Gasteiger charge is -2.30. The maximum absolute atomic E-state index is 14.5. The van der Waals surface area contributed by atoms with Gasteiger partial charge in [0.25, 0.3) is 0 Å². The van der Waals surface area contributed by atoms with Crippen molar-refractivity contribution in [2.75, 3.05) is 13.2 Å². The molecule has 0 aliphatic carbocycles. The Bertz CT molecular complexity index is 761. The predicted molar refractivity (Wildman–Crippen MR) is 116 cm³/mol. The van der Waals surface area contributed by atoms with Gasteiger partial charge in [-0.2, -0.15) is 0 Å². The lowest BCUT2D eigenvalue weighted by molar-refractivity contribution is -0.191. The molecule has 5 atom stereocenters. The predicted octanol–water partition coefficient (Wildman–Crippen LogP) is 3.89. The van der Waals surface area contributed by atoms with Crippen LogP contribution in [0.1, 0.15) is 67.7 Å². The number of halogens is 3. The quantitative estimate of drug-likeness (QED) is 0.203. The number of carbonyl (C=O) groups is 4. The Morgan fingerprint density at radius 3 is 1.35 bits per heavy atom. The summed E-state index contributed by atoms with van der Waals surface area (Å²) in [5.41, 5.74) is -7.29. The van der Waals surface area contributed by atoms with E-state index >= 15 is 0 Å². The summed E-state index contributed by atoms with van der Waals surface area (Å²) >= 11 is 0. The Labute approximate surface area is 198 Å². The van der Waals surface area contributed by atoms with Crippen LogP contribution in [0.3, 0.4) is 0 Å². The Kier molecular flexibility index (Phi) is 11.8. The molecule has 8 nitrogen and oxygen atoms in total. The molecule has 0 bridgehead atoms. The van der Waals surface area contributed by atoms with Gasteiger partial charge in [-0.1, -0.05) is 27.4 Å². The molecule has 11 heteroatoms. The summed E-state index contributed by atoms with van der Waals surface area (Å²) in [5.74, 6) is -4.99. The summed E-state index contributed by atoms with van der Waals surface area (Å²) in [4.78, 5) is 48.6. The normalized spacial score (nSPS) is 18.2. The minimum atomic E-state index is -2.46. The highest BCUT2D eigenvalue weighted by Gasteiger charge is 2.41. The van der Waals surface area contributed by atoms with Crippen LogP contribution >= 0.6 is 0 Å². The van der Waals surface area contributed by atoms with Crippen LogP contribution in [0.25, 0.3) is 0 Å². The number of alkyl halides is 3. The van der Waals surface area contributed by atoms with E-state index in [1.807, 2.05) is 0 Å². The van der Waals surface area contributed by atoms with Crippen LogP contribution in [-0.4, -0.2) is 66.3 Å². The summed E-state index contributed by atoms with van der Waals surface area (Å²) < 4.78 is 63.0. The lowest BCUT2D eigenvalue weighted by Crippen LogP contribution is -2.47. The maximum Gasteiger partial charge on any atom is 0.344 e. The maximum atomic E-state index is 14.5. The topological polar surface area (TPSA) is 105 Å². The summed E-state index contributed by atoms with van der Waals surface area (Å²) in [6.07, 6.45) is -4.10. The van der Waals surface area contributed by atoms with Crippen molar-refractivity contribution in [2.24, 2.45) is 0 Å². The van der Waals surface area contributed by atoms with Gasteiger partial charge in [0.15, 0.2) is 12.2 Å². The highest BCUT2D eigenvalue weighted by molar-refractivity contribution is 5.87. The third-order valence-electron chi connectivity index (χ3n) is 5.31. The summed E-state index contributed by atoms with van der Waals surface area (Å²) in [6.45, 7) is 10.1. The van der Waals surface area contributed by atoms with Gasteiger partial charge in [-0.15, -0.1) is 0 Å². The van der Waals surface area contributed by atoms with Gasteiger partial charge in [0.05, 0.1) is 0 Å². The Morgan fingerprint density at radius 2 is 1.03 bits per heavy atom. The molecule has 0 aliphatic heterocycles. The van der Waals surface area contributed by atoms with Gasteiger partial charge < -0.3 is 18.9 Å². The number of hydrogen-bond donors (Lipinski definition) is 0. The number of rotatable bonds is 14. The molecule has 0 spiro atoms. The monoisotopic (exact) mass is 496 g/mol. The van der Waals surface area contributed by atoms with Crippen LogP contribution in [0.5, 0.6) is 0 Å². The van der Waals surface area contributed by atoms with E-state index in [0.29, 0.717) is 0 Å². The van der Waals surface area contributed by atoms with Crippen molar-refractivity contribution in [1.82, 2.24) is 0 Å². The van der Waals surface area contributed by atoms with Gasteiger partial charge in [-0.05, 0) is 47.0 Å². The summed E-state index contributed by atoms with van der Waals surface area (Å²) in [6, 6.07) is 0. The van der Waals surface area contributed by atoms with E-state index in [1.165, 1.54) is 27.7 Å². The van der Waals surface area contributed by atoms with E-state index in [0.717, 1.165) is 20.8 Å². The molecular formula is C23H35F3O8. The van der Waals surface area contributed by atoms with Crippen molar-refractivity contribution in [1.29, 1.82) is 0 Å². The first-order chi connectivity index (χ1) is 15.4. The van der Waals surface area contributed by atoms with Crippen molar-refractivity contribution in [3.05, 3.63) is 12.2 Å². The fourth-order valence-electron chi connectivity index (χ4n) is 1.98. The third-order valence-corrected chi connectivity index (χ3v) is 5.31. The van der Waals surface area contributed by atoms with E-state index < -0.39 is 66.3 Å². The average molecular weight is 497 g/mol. The Hall–Kier alpha value is -2.59. The summed E-state index contributed by atoms with van der Waals surface area (Å²) in [7, 11) is 0. The van der Waals surface area contributed by atoms with E-state index in [9.17, 15) is 32.3 Å². The van der Waals surface area contributed by atoms with Crippen molar-refractivity contribution in [2.45, 2.75) is 96.9 Å². The van der Waals surface area contributed by atoms with E-state index in [4.69, 9.17) is 18.9 Å². The molecule has 196 valence electrons. The van der Waals surface area contributed by atoms with E-state index in [-0.39, 0.29) is 24.8 Å². The Balaban J connectivity index is 5.99. The molecule has 0 aliphatic rings. The van der Waals surface area contributed by atoms with Crippen LogP contribution in [0.2, 0.25) is 0 Å². The molecule has 0 rings (SSSR count). The zero-order valence-corrected chi connectivity index (χ0v) is 20.8. The van der Waals surface area contributed by atoms with E-state index in [2.05, 4.69) is 6.58 Å². The Morgan fingerprint density at radius 1 is 0.706 bits per heavy atom. The zero-order chi connectivity index (χ0) is 26.9. The minimum absolute atomic E-state index is 0.0894. The fraction of sp³-hybridized carbons (Fsp3) is 0.739. The molecule has 0 amide bonds. The van der Waals surface area contributed by atoms with Gasteiger partial charge in [0.1, 0.15) is 13.2 Å². The van der Waals surface area contributed by atoms with E-state index in [1.54, 1.807) is 0 Å². The van der Waals surface area contributed by atoms with Crippen molar-refractivity contribution in [3.63, 3.8) is 0 Å². The first-order valence-corrected chi connectivity index (χ1v) is 10.9. The largest absolute Gasteiger partial charge is 0.459 e. The molecule has 0 radical (unpaired) electrons. The number of hydrogen-bond acceptors (Lipinski definition) is 8. The van der Waals surface area contributed by atoms with Gasteiger partial charge in [0.2, 0.25) is 17.0 Å². The van der Waals surface area contributed by atoms with Crippen LogP contribution in [-0.2, 0) is 38.1 Å². The van der Waals surface area contributed by atoms with Crippen LogP contribution in [0, 0.1) is 0 Å². The highest BCUT2D eigenvalue weighted by atomic mass is 19.2. The van der Waals surface area contributed by atoms with Crippen LogP contribution in [0.4, 0.5) is 13.2 Å². The third kappa shape index (κ3) is 9.34. The second-order valence-electron chi connectivity index (χ2n) is 8.52. The second-order valence-corrected chi connectivity index (χ2v) is 8.52. The van der Waals surface area contributed by atoms with Gasteiger partial charge >= 0.3 is 23.9 Å². The average Bonchev–Trinajstić information content (AvgIpc) is 2.77. The molecule has 5 unspecified atom stereocenters. The molecular weight excluding hydrogens is 461 g/mol. The molecule has 0 aromatic rings. The van der Waals surface area contributed by atoms with Crippen molar-refractivity contribution >= 4 is 23.9 Å². The second kappa shape index (κ2) is 12.8. The van der Waals surface area contributed by atoms with Crippen molar-refractivity contribution in [3.8, 4) is 0 Å². The number of carbonyl (C=O) groups excluding carboxylic acids is 4. The molecule has 0 saturated heterocycles. The molecule has 0 aromatic heterocycles. The zero-order valence-electron chi connectivity index (χ0n) is 20.8. The van der Waals surface area contributed by atoms with Crippen LogP contribution in [0.15, 0.2) is 12.2 Å². The summed E-state index contributed by atoms with van der Waals surface area (Å²) in [5, 5.41) is 0.